The third-order valence-corrected chi connectivity index (χ3v) is 3.03. The number of ether oxygens (including phenoxy) is 1. The van der Waals surface area contributed by atoms with E-state index in [1.165, 1.54) is 0 Å². The second kappa shape index (κ2) is 7.47. The van der Waals surface area contributed by atoms with Crippen LogP contribution in [0, 0.1) is 5.92 Å². The van der Waals surface area contributed by atoms with E-state index in [0.29, 0.717) is 11.9 Å². The van der Waals surface area contributed by atoms with Gasteiger partial charge in [-0.3, -0.25) is 0 Å². The molecule has 0 radical (unpaired) electrons. The Hall–Kier alpha value is -2.30. The first-order valence-corrected chi connectivity index (χ1v) is 7.16. The van der Waals surface area contributed by atoms with Crippen molar-refractivity contribution in [1.82, 2.24) is 9.97 Å². The number of anilines is 3. The Morgan fingerprint density at radius 1 is 1.19 bits per heavy atom. The summed E-state index contributed by atoms with van der Waals surface area (Å²) in [6, 6.07) is 9.58. The first kappa shape index (κ1) is 15.1. The molecule has 0 aliphatic heterocycles. The number of hydrogen-bond donors (Lipinski definition) is 2. The molecule has 0 amide bonds. The molecule has 0 saturated carbocycles. The lowest BCUT2D eigenvalue weighted by atomic mass is 10.1. The van der Waals surface area contributed by atoms with Crippen LogP contribution in [0.1, 0.15) is 20.3 Å². The topological polar surface area (TPSA) is 59.1 Å². The summed E-state index contributed by atoms with van der Waals surface area (Å²) in [6.45, 7) is 5.26. The molecule has 1 heterocycles. The van der Waals surface area contributed by atoms with E-state index in [4.69, 9.17) is 4.74 Å². The Bertz CT molecular complexity index is 572. The molecular weight excluding hydrogens is 264 g/mol. The van der Waals surface area contributed by atoms with Crippen LogP contribution >= 0.6 is 0 Å². The molecule has 112 valence electrons. The Morgan fingerprint density at radius 3 is 2.76 bits per heavy atom. The lowest BCUT2D eigenvalue weighted by Crippen LogP contribution is -2.08. The second-order valence-corrected chi connectivity index (χ2v) is 5.20. The fraction of sp³-hybridized carbons (Fsp3) is 0.375. The van der Waals surface area contributed by atoms with Crippen LogP contribution in [0.15, 0.2) is 36.5 Å². The summed E-state index contributed by atoms with van der Waals surface area (Å²) in [6.07, 6.45) is 2.83. The van der Waals surface area contributed by atoms with Crippen LogP contribution in [-0.2, 0) is 0 Å². The molecule has 0 aliphatic rings. The van der Waals surface area contributed by atoms with E-state index in [2.05, 4.69) is 34.4 Å². The van der Waals surface area contributed by atoms with Gasteiger partial charge in [0.1, 0.15) is 11.6 Å². The van der Waals surface area contributed by atoms with Gasteiger partial charge in [-0.05, 0) is 30.5 Å². The quantitative estimate of drug-likeness (QED) is 0.813. The highest BCUT2D eigenvalue weighted by atomic mass is 16.5. The van der Waals surface area contributed by atoms with Crippen molar-refractivity contribution in [3.63, 3.8) is 0 Å². The molecular formula is C16H22N4O. The predicted octanol–water partition coefficient (Wildman–Crippen LogP) is 3.69. The fourth-order valence-electron chi connectivity index (χ4n) is 1.87. The molecule has 0 bridgehead atoms. The van der Waals surface area contributed by atoms with Crippen molar-refractivity contribution in [1.29, 1.82) is 0 Å². The lowest BCUT2D eigenvalue weighted by molar-refractivity contribution is 0.417. The van der Waals surface area contributed by atoms with Gasteiger partial charge in [-0.1, -0.05) is 26.0 Å². The summed E-state index contributed by atoms with van der Waals surface area (Å²) in [5.41, 5.74) is 0.881. The van der Waals surface area contributed by atoms with Gasteiger partial charge in [0.25, 0.3) is 0 Å². The molecule has 1 aromatic heterocycles. The highest BCUT2D eigenvalue weighted by Crippen LogP contribution is 2.26. The van der Waals surface area contributed by atoms with Gasteiger partial charge in [-0.2, -0.15) is 4.98 Å². The summed E-state index contributed by atoms with van der Waals surface area (Å²) in [5.74, 6) is 2.81. The van der Waals surface area contributed by atoms with Crippen LogP contribution < -0.4 is 15.4 Å². The number of rotatable bonds is 7. The van der Waals surface area contributed by atoms with Crippen molar-refractivity contribution in [3.05, 3.63) is 36.5 Å². The van der Waals surface area contributed by atoms with E-state index >= 15 is 0 Å². The average Bonchev–Trinajstić information content (AvgIpc) is 2.48. The van der Waals surface area contributed by atoms with Crippen molar-refractivity contribution in [2.45, 2.75) is 20.3 Å². The van der Waals surface area contributed by atoms with Gasteiger partial charge >= 0.3 is 0 Å². The zero-order valence-electron chi connectivity index (χ0n) is 12.8. The first-order chi connectivity index (χ1) is 10.2. The maximum atomic E-state index is 5.32. The maximum Gasteiger partial charge on any atom is 0.224 e. The summed E-state index contributed by atoms with van der Waals surface area (Å²) >= 11 is 0. The standard InChI is InChI=1S/C16H22N4O/c1-12(2)8-10-17-16-18-11-9-15(20-16)19-13-6-4-5-7-14(13)21-3/h4-7,9,11-12H,8,10H2,1-3H3,(H2,17,18,19,20). The highest BCUT2D eigenvalue weighted by Gasteiger charge is 2.04. The Labute approximate surface area is 125 Å². The number of aromatic nitrogens is 2. The van der Waals surface area contributed by atoms with Crippen LogP contribution in [0.5, 0.6) is 5.75 Å². The summed E-state index contributed by atoms with van der Waals surface area (Å²) in [5, 5.41) is 6.48. The number of methoxy groups -OCH3 is 1. The van der Waals surface area contributed by atoms with Gasteiger partial charge < -0.3 is 15.4 Å². The van der Waals surface area contributed by atoms with Gasteiger partial charge in [0, 0.05) is 12.7 Å². The molecule has 0 saturated heterocycles. The van der Waals surface area contributed by atoms with Crippen molar-refractivity contribution in [2.75, 3.05) is 24.3 Å². The van der Waals surface area contributed by atoms with Gasteiger partial charge in [-0.25, -0.2) is 4.98 Å². The number of nitrogens with zero attached hydrogens (tertiary/aromatic N) is 2. The Kier molecular flexibility index (Phi) is 5.37. The molecule has 1 aromatic carbocycles. The normalized spacial score (nSPS) is 10.5. The van der Waals surface area contributed by atoms with E-state index < -0.39 is 0 Å². The summed E-state index contributed by atoms with van der Waals surface area (Å²) in [7, 11) is 1.65. The second-order valence-electron chi connectivity index (χ2n) is 5.20. The molecule has 2 rings (SSSR count). The SMILES string of the molecule is COc1ccccc1Nc1ccnc(NCCC(C)C)n1. The molecule has 2 N–H and O–H groups in total. The fourth-order valence-corrected chi connectivity index (χ4v) is 1.87. The Morgan fingerprint density at radius 2 is 2.00 bits per heavy atom. The van der Waals surface area contributed by atoms with Crippen LogP contribution in [-0.4, -0.2) is 23.6 Å². The van der Waals surface area contributed by atoms with Crippen LogP contribution in [0.4, 0.5) is 17.5 Å². The Balaban J connectivity index is 2.03. The third kappa shape index (κ3) is 4.63. The van der Waals surface area contributed by atoms with Gasteiger partial charge in [0.05, 0.1) is 12.8 Å². The molecule has 5 heteroatoms. The predicted molar refractivity (Wildman–Crippen MR) is 86.3 cm³/mol. The average molecular weight is 286 g/mol. The van der Waals surface area contributed by atoms with E-state index in [9.17, 15) is 0 Å². The molecule has 5 nitrogen and oxygen atoms in total. The number of benzene rings is 1. The van der Waals surface area contributed by atoms with Gasteiger partial charge in [-0.15, -0.1) is 0 Å². The zero-order valence-corrected chi connectivity index (χ0v) is 12.8. The molecule has 0 fully saturated rings. The number of hydrogen-bond acceptors (Lipinski definition) is 5. The number of para-hydroxylation sites is 2. The van der Waals surface area contributed by atoms with E-state index in [0.717, 1.165) is 30.2 Å². The maximum absolute atomic E-state index is 5.32. The number of nitrogens with one attached hydrogen (secondary N) is 2. The van der Waals surface area contributed by atoms with Gasteiger partial charge in [0.15, 0.2) is 0 Å². The minimum atomic E-state index is 0.635. The van der Waals surface area contributed by atoms with Crippen LogP contribution in [0.25, 0.3) is 0 Å². The zero-order chi connectivity index (χ0) is 15.1. The van der Waals surface area contributed by atoms with Gasteiger partial charge in [0.2, 0.25) is 5.95 Å². The van der Waals surface area contributed by atoms with Crippen LogP contribution in [0.2, 0.25) is 0 Å². The van der Waals surface area contributed by atoms with E-state index in [1.54, 1.807) is 13.3 Å². The molecule has 0 atom stereocenters. The monoisotopic (exact) mass is 286 g/mol. The van der Waals surface area contributed by atoms with Crippen molar-refractivity contribution in [3.8, 4) is 5.75 Å². The van der Waals surface area contributed by atoms with E-state index in [-0.39, 0.29) is 0 Å². The minimum Gasteiger partial charge on any atom is -0.495 e. The summed E-state index contributed by atoms with van der Waals surface area (Å²) < 4.78 is 5.32. The van der Waals surface area contributed by atoms with Crippen molar-refractivity contribution >= 4 is 17.5 Å². The molecule has 0 aliphatic carbocycles. The first-order valence-electron chi connectivity index (χ1n) is 7.16. The van der Waals surface area contributed by atoms with E-state index in [1.807, 2.05) is 30.3 Å². The summed E-state index contributed by atoms with van der Waals surface area (Å²) in [4.78, 5) is 8.68. The molecule has 0 spiro atoms. The van der Waals surface area contributed by atoms with Crippen molar-refractivity contribution < 1.29 is 4.74 Å². The molecule has 21 heavy (non-hydrogen) atoms. The van der Waals surface area contributed by atoms with Crippen molar-refractivity contribution in [2.24, 2.45) is 5.92 Å². The smallest absolute Gasteiger partial charge is 0.224 e. The van der Waals surface area contributed by atoms with Crippen LogP contribution in [0.3, 0.4) is 0 Å². The molecule has 2 aromatic rings. The minimum absolute atomic E-state index is 0.635. The lowest BCUT2D eigenvalue weighted by Gasteiger charge is -2.11. The largest absolute Gasteiger partial charge is 0.495 e. The highest BCUT2D eigenvalue weighted by molar-refractivity contribution is 5.64. The molecule has 0 unspecified atom stereocenters. The third-order valence-electron chi connectivity index (χ3n) is 3.03.